The molecule has 1 aliphatic heterocycles. The number of aromatic nitrogens is 5. The molecule has 1 aromatic carbocycles. The summed E-state index contributed by atoms with van der Waals surface area (Å²) in [4.78, 5) is 21.6. The van der Waals surface area contributed by atoms with Gasteiger partial charge in [-0.3, -0.25) is 4.98 Å². The molecule has 3 aromatic heterocycles. The van der Waals surface area contributed by atoms with E-state index in [1.54, 1.807) is 12.4 Å². The van der Waals surface area contributed by atoms with Gasteiger partial charge in [0, 0.05) is 47.0 Å². The highest BCUT2D eigenvalue weighted by Crippen LogP contribution is 2.31. The van der Waals surface area contributed by atoms with Crippen LogP contribution in [0.4, 0.5) is 5.82 Å². The Morgan fingerprint density at radius 2 is 2.09 bits per heavy atom. The fraction of sp³-hybridized carbons (Fsp3) is 0.333. The Hall–Kier alpha value is -3.52. The molecule has 0 amide bonds. The number of fused-ring (bicyclic) bond motifs is 1. The van der Waals surface area contributed by atoms with Crippen LogP contribution in [0.2, 0.25) is 0 Å². The standard InChI is InChI=1S/C24H27N7O/c1-15(2)32-23-14-26-13-21(30-23)16-5-6-20-18(10-16)19(12-28-20)24-27-9-7-22(31-24)29-17-4-3-8-25-11-17/h5-7,9-10,12-15,17,25,28H,3-4,8,11H2,1-2H3,(H,27,29,31). The number of anilines is 1. The largest absolute Gasteiger partial charge is 0.474 e. The third-order valence-electron chi connectivity index (χ3n) is 5.49. The highest BCUT2D eigenvalue weighted by Gasteiger charge is 2.15. The summed E-state index contributed by atoms with van der Waals surface area (Å²) in [5, 5.41) is 8.00. The van der Waals surface area contributed by atoms with Gasteiger partial charge >= 0.3 is 0 Å². The molecule has 4 aromatic rings. The maximum atomic E-state index is 5.71. The lowest BCUT2D eigenvalue weighted by molar-refractivity contribution is 0.232. The van der Waals surface area contributed by atoms with Crippen molar-refractivity contribution in [2.24, 2.45) is 0 Å². The number of rotatable bonds is 6. The van der Waals surface area contributed by atoms with Gasteiger partial charge < -0.3 is 20.4 Å². The molecule has 32 heavy (non-hydrogen) atoms. The summed E-state index contributed by atoms with van der Waals surface area (Å²) >= 11 is 0. The van der Waals surface area contributed by atoms with E-state index in [4.69, 9.17) is 9.72 Å². The summed E-state index contributed by atoms with van der Waals surface area (Å²) in [6, 6.07) is 8.48. The minimum Gasteiger partial charge on any atom is -0.474 e. The summed E-state index contributed by atoms with van der Waals surface area (Å²) in [7, 11) is 0. The third kappa shape index (κ3) is 4.40. The fourth-order valence-electron chi connectivity index (χ4n) is 4.00. The fourth-order valence-corrected chi connectivity index (χ4v) is 4.00. The van der Waals surface area contributed by atoms with Crippen molar-refractivity contribution in [2.45, 2.75) is 38.8 Å². The molecule has 0 saturated carbocycles. The molecule has 1 saturated heterocycles. The van der Waals surface area contributed by atoms with Gasteiger partial charge in [0.25, 0.3) is 0 Å². The van der Waals surface area contributed by atoms with Crippen LogP contribution in [0.1, 0.15) is 26.7 Å². The maximum Gasteiger partial charge on any atom is 0.233 e. The summed E-state index contributed by atoms with van der Waals surface area (Å²) in [6.45, 7) is 5.98. The second kappa shape index (κ2) is 8.92. The van der Waals surface area contributed by atoms with E-state index in [0.717, 1.165) is 53.1 Å². The van der Waals surface area contributed by atoms with Gasteiger partial charge in [-0.05, 0) is 51.4 Å². The van der Waals surface area contributed by atoms with Crippen molar-refractivity contribution in [3.05, 3.63) is 49.1 Å². The Bertz CT molecular complexity index is 1210. The van der Waals surface area contributed by atoms with Crippen molar-refractivity contribution in [2.75, 3.05) is 18.4 Å². The second-order valence-corrected chi connectivity index (χ2v) is 8.32. The average molecular weight is 430 g/mol. The minimum absolute atomic E-state index is 0.0423. The van der Waals surface area contributed by atoms with Crippen LogP contribution in [0.25, 0.3) is 33.5 Å². The molecule has 1 fully saturated rings. The smallest absolute Gasteiger partial charge is 0.233 e. The van der Waals surface area contributed by atoms with Crippen LogP contribution < -0.4 is 15.4 Å². The van der Waals surface area contributed by atoms with E-state index >= 15 is 0 Å². The van der Waals surface area contributed by atoms with Gasteiger partial charge in [0.1, 0.15) is 5.82 Å². The number of H-pyrrole nitrogens is 1. The van der Waals surface area contributed by atoms with Crippen LogP contribution in [0.5, 0.6) is 5.88 Å². The molecule has 1 atom stereocenters. The predicted octanol–water partition coefficient (Wildman–Crippen LogP) is 4.03. The molecule has 3 N–H and O–H groups in total. The first-order valence-electron chi connectivity index (χ1n) is 11.1. The van der Waals surface area contributed by atoms with Gasteiger partial charge in [0.2, 0.25) is 5.88 Å². The zero-order chi connectivity index (χ0) is 21.9. The van der Waals surface area contributed by atoms with E-state index in [-0.39, 0.29) is 6.10 Å². The average Bonchev–Trinajstić information content (AvgIpc) is 3.23. The lowest BCUT2D eigenvalue weighted by atomic mass is 10.1. The molecule has 0 spiro atoms. The van der Waals surface area contributed by atoms with Crippen molar-refractivity contribution in [1.82, 2.24) is 30.2 Å². The Balaban J connectivity index is 1.46. The van der Waals surface area contributed by atoms with Gasteiger partial charge in [-0.2, -0.15) is 0 Å². The molecular formula is C24H27N7O. The topological polar surface area (TPSA) is 101 Å². The predicted molar refractivity (Wildman–Crippen MR) is 126 cm³/mol. The molecule has 1 aliphatic rings. The van der Waals surface area contributed by atoms with Crippen LogP contribution >= 0.6 is 0 Å². The van der Waals surface area contributed by atoms with Crippen LogP contribution in [0.15, 0.2) is 49.1 Å². The Morgan fingerprint density at radius 3 is 2.94 bits per heavy atom. The Morgan fingerprint density at radius 1 is 1.16 bits per heavy atom. The first kappa shape index (κ1) is 20.4. The monoisotopic (exact) mass is 429 g/mol. The zero-order valence-corrected chi connectivity index (χ0v) is 18.3. The highest BCUT2D eigenvalue weighted by molar-refractivity contribution is 5.96. The Labute approximate surface area is 186 Å². The van der Waals surface area contributed by atoms with Crippen LogP contribution in [-0.4, -0.2) is 50.2 Å². The summed E-state index contributed by atoms with van der Waals surface area (Å²) in [5.41, 5.74) is 3.69. The number of nitrogens with zero attached hydrogens (tertiary/aromatic N) is 4. The number of piperidine rings is 1. The van der Waals surface area contributed by atoms with E-state index in [9.17, 15) is 0 Å². The van der Waals surface area contributed by atoms with Crippen molar-refractivity contribution in [1.29, 1.82) is 0 Å². The van der Waals surface area contributed by atoms with E-state index in [0.29, 0.717) is 17.7 Å². The quantitative estimate of drug-likeness (QED) is 0.425. The van der Waals surface area contributed by atoms with E-state index < -0.39 is 0 Å². The molecule has 8 nitrogen and oxygen atoms in total. The van der Waals surface area contributed by atoms with Crippen LogP contribution in [0.3, 0.4) is 0 Å². The van der Waals surface area contributed by atoms with Gasteiger partial charge in [0.15, 0.2) is 5.82 Å². The number of hydrogen-bond donors (Lipinski definition) is 3. The van der Waals surface area contributed by atoms with Gasteiger partial charge in [0.05, 0.1) is 24.2 Å². The number of hydrogen-bond acceptors (Lipinski definition) is 7. The molecular weight excluding hydrogens is 402 g/mol. The van der Waals surface area contributed by atoms with E-state index in [1.165, 1.54) is 6.42 Å². The molecule has 1 unspecified atom stereocenters. The van der Waals surface area contributed by atoms with Crippen molar-refractivity contribution < 1.29 is 4.74 Å². The molecule has 0 aliphatic carbocycles. The first-order chi connectivity index (χ1) is 15.7. The van der Waals surface area contributed by atoms with Crippen molar-refractivity contribution in [3.8, 4) is 28.5 Å². The summed E-state index contributed by atoms with van der Waals surface area (Å²) in [5.74, 6) is 2.05. The SMILES string of the molecule is CC(C)Oc1cncc(-c2ccc3[nH]cc(-c4nccc(NC5CCCNC5)n4)c3c2)n1. The van der Waals surface area contributed by atoms with Gasteiger partial charge in [-0.1, -0.05) is 6.07 Å². The summed E-state index contributed by atoms with van der Waals surface area (Å²) in [6.07, 6.45) is 9.51. The third-order valence-corrected chi connectivity index (χ3v) is 5.49. The molecule has 0 bridgehead atoms. The number of benzene rings is 1. The molecule has 8 heteroatoms. The van der Waals surface area contributed by atoms with Crippen molar-refractivity contribution in [3.63, 3.8) is 0 Å². The lowest BCUT2D eigenvalue weighted by Crippen LogP contribution is -2.38. The number of ether oxygens (including phenoxy) is 1. The van der Waals surface area contributed by atoms with E-state index in [1.807, 2.05) is 44.4 Å². The molecule has 5 rings (SSSR count). The number of aromatic amines is 1. The van der Waals surface area contributed by atoms with Crippen LogP contribution in [-0.2, 0) is 0 Å². The lowest BCUT2D eigenvalue weighted by Gasteiger charge is -2.24. The maximum absolute atomic E-state index is 5.71. The van der Waals surface area contributed by atoms with Crippen LogP contribution in [0, 0.1) is 0 Å². The first-order valence-corrected chi connectivity index (χ1v) is 11.1. The van der Waals surface area contributed by atoms with Crippen molar-refractivity contribution >= 4 is 16.7 Å². The summed E-state index contributed by atoms with van der Waals surface area (Å²) < 4.78 is 5.71. The minimum atomic E-state index is 0.0423. The van der Waals surface area contributed by atoms with E-state index in [2.05, 4.69) is 36.6 Å². The normalized spacial score (nSPS) is 16.4. The highest BCUT2D eigenvalue weighted by atomic mass is 16.5. The molecule has 4 heterocycles. The number of nitrogens with one attached hydrogen (secondary N) is 3. The Kier molecular flexibility index (Phi) is 5.68. The second-order valence-electron chi connectivity index (χ2n) is 8.32. The zero-order valence-electron chi connectivity index (χ0n) is 18.3. The molecule has 164 valence electrons. The molecule has 0 radical (unpaired) electrons. The van der Waals surface area contributed by atoms with Gasteiger partial charge in [-0.15, -0.1) is 0 Å². The van der Waals surface area contributed by atoms with Gasteiger partial charge in [-0.25, -0.2) is 15.0 Å².